The Hall–Kier alpha value is -0.600. The highest BCUT2D eigenvalue weighted by atomic mass is 35.5. The zero-order chi connectivity index (χ0) is 7.30. The lowest BCUT2D eigenvalue weighted by Crippen LogP contribution is -1.63. The monoisotopic (exact) mass is 176 g/mol. The minimum atomic E-state index is -0.0390. The Bertz CT molecular complexity index is 306. The van der Waals surface area contributed by atoms with Gasteiger partial charge >= 0.3 is 0 Å². The summed E-state index contributed by atoms with van der Waals surface area (Å²) in [5.41, 5.74) is 0. The summed E-state index contributed by atoms with van der Waals surface area (Å²) in [7, 11) is 0. The Balaban J connectivity index is 2.73. The van der Waals surface area contributed by atoms with E-state index in [-0.39, 0.29) is 15.8 Å². The van der Waals surface area contributed by atoms with E-state index in [1.807, 2.05) is 0 Å². The fraction of sp³-hybridized carbons (Fsp3) is 0. The van der Waals surface area contributed by atoms with Crippen LogP contribution in [0.4, 0.5) is 0 Å². The Morgan fingerprint density at radius 1 is 1.30 bits per heavy atom. The molecule has 1 aliphatic heterocycles. The summed E-state index contributed by atoms with van der Waals surface area (Å²) in [6.45, 7) is 0. The fourth-order valence-electron chi connectivity index (χ4n) is 0.732. The molecule has 1 aromatic carbocycles. The Morgan fingerprint density at radius 3 is 2.70 bits per heavy atom. The molecule has 4 heteroatoms. The van der Waals surface area contributed by atoms with Gasteiger partial charge in [0.1, 0.15) is 15.8 Å². The number of rotatable bonds is 0. The summed E-state index contributed by atoms with van der Waals surface area (Å²) in [5.74, 6) is 1.14. The van der Waals surface area contributed by atoms with Gasteiger partial charge in [-0.25, -0.2) is 0 Å². The molecule has 52 valence electrons. The van der Waals surface area contributed by atoms with Gasteiger partial charge in [-0.15, -0.1) is 0 Å². The van der Waals surface area contributed by atoms with Crippen LogP contribution in [0, 0.1) is 0 Å². The van der Waals surface area contributed by atoms with Gasteiger partial charge in [-0.2, -0.15) is 0 Å². The third-order valence-corrected chi connectivity index (χ3v) is 2.12. The lowest BCUT2D eigenvalue weighted by molar-refractivity contribution is 0.475. The van der Waals surface area contributed by atoms with E-state index in [9.17, 15) is 0 Å². The molecule has 0 fully saturated rings. The quantitative estimate of drug-likeness (QED) is 0.627. The first-order valence-corrected chi connectivity index (χ1v) is 3.34. The summed E-state index contributed by atoms with van der Waals surface area (Å²) >= 11 is 11.2. The third-order valence-electron chi connectivity index (χ3n) is 1.28. The van der Waals surface area contributed by atoms with Crippen LogP contribution in [-0.2, 0) is 0 Å². The molecule has 0 radical (unpaired) electrons. The molecule has 2 nitrogen and oxygen atoms in total. The Labute approximate surface area is 66.9 Å². The molecule has 2 rings (SSSR count). The molecule has 0 atom stereocenters. The van der Waals surface area contributed by atoms with E-state index in [0.717, 1.165) is 0 Å². The molecule has 0 saturated carbocycles. The molecule has 1 heterocycles. The maximum atomic E-state index is 9.02. The van der Waals surface area contributed by atoms with Gasteiger partial charge in [-0.1, -0.05) is 23.2 Å². The zero-order valence-corrected chi connectivity index (χ0v) is 6.20. The summed E-state index contributed by atoms with van der Waals surface area (Å²) in [4.78, 5) is 0. The van der Waals surface area contributed by atoms with Crippen LogP contribution < -0.4 is 4.74 Å². The number of benzene rings is 1. The molecule has 0 saturated heterocycles. The lowest BCUT2D eigenvalue weighted by Gasteiger charge is -1.91. The minimum Gasteiger partial charge on any atom is -0.506 e. The molecule has 0 aliphatic carbocycles. The Kier molecular flexibility index (Phi) is 1.05. The number of aromatic hydroxyl groups is 1. The highest BCUT2D eigenvalue weighted by Gasteiger charge is 2.28. The van der Waals surface area contributed by atoms with Crippen LogP contribution in [-0.4, -0.2) is 5.11 Å². The number of fused-ring (bicyclic) bond motifs is 1. The van der Waals surface area contributed by atoms with E-state index in [2.05, 4.69) is 0 Å². The van der Waals surface area contributed by atoms with E-state index >= 15 is 0 Å². The zero-order valence-electron chi connectivity index (χ0n) is 4.69. The van der Waals surface area contributed by atoms with Gasteiger partial charge in [-0.3, -0.25) is 0 Å². The number of halogens is 2. The summed E-state index contributed by atoms with van der Waals surface area (Å²) < 4.78 is 4.85. The van der Waals surface area contributed by atoms with E-state index in [1.165, 1.54) is 6.07 Å². The van der Waals surface area contributed by atoms with E-state index in [0.29, 0.717) is 11.5 Å². The van der Waals surface area contributed by atoms with Crippen LogP contribution in [0.3, 0.4) is 0 Å². The second-order valence-electron chi connectivity index (χ2n) is 1.95. The van der Waals surface area contributed by atoms with Crippen molar-refractivity contribution in [2.75, 3.05) is 0 Å². The molecule has 0 spiro atoms. The SMILES string of the molecule is Oc1cc2c(c(Cl)c1Cl)O2. The minimum absolute atomic E-state index is 0.0390. The van der Waals surface area contributed by atoms with Gasteiger partial charge in [0.15, 0.2) is 11.5 Å². The number of ether oxygens (including phenoxy) is 1. The summed E-state index contributed by atoms with van der Waals surface area (Å²) in [5, 5.41) is 9.46. The highest BCUT2D eigenvalue weighted by molar-refractivity contribution is 6.44. The molecular formula is C6H2Cl2O2. The first-order chi connectivity index (χ1) is 4.70. The molecule has 0 aromatic heterocycles. The normalized spacial score (nSPS) is 12.2. The third kappa shape index (κ3) is 0.662. The predicted octanol–water partition coefficient (Wildman–Crippen LogP) is 2.80. The second kappa shape index (κ2) is 1.71. The maximum absolute atomic E-state index is 9.02. The van der Waals surface area contributed by atoms with Crippen LogP contribution in [0.2, 0.25) is 10.0 Å². The summed E-state index contributed by atoms with van der Waals surface area (Å²) in [6.07, 6.45) is 0. The second-order valence-corrected chi connectivity index (χ2v) is 2.71. The number of phenols is 1. The number of hydrogen-bond acceptors (Lipinski definition) is 2. The first kappa shape index (κ1) is 6.13. The van der Waals surface area contributed by atoms with Crippen molar-refractivity contribution in [1.29, 1.82) is 0 Å². The van der Waals surface area contributed by atoms with Crippen molar-refractivity contribution in [1.82, 2.24) is 0 Å². The molecule has 10 heavy (non-hydrogen) atoms. The van der Waals surface area contributed by atoms with Crippen LogP contribution >= 0.6 is 23.2 Å². The van der Waals surface area contributed by atoms with Crippen molar-refractivity contribution in [3.63, 3.8) is 0 Å². The largest absolute Gasteiger partial charge is 0.506 e. The molecule has 1 aliphatic rings. The van der Waals surface area contributed by atoms with Gasteiger partial charge in [0.25, 0.3) is 0 Å². The van der Waals surface area contributed by atoms with E-state index in [1.54, 1.807) is 0 Å². The Morgan fingerprint density at radius 2 is 2.00 bits per heavy atom. The maximum Gasteiger partial charge on any atom is 0.190 e. The van der Waals surface area contributed by atoms with Crippen molar-refractivity contribution >= 4 is 23.2 Å². The van der Waals surface area contributed by atoms with Gasteiger partial charge in [0, 0.05) is 6.07 Å². The highest BCUT2D eigenvalue weighted by Crippen LogP contribution is 2.56. The molecular weight excluding hydrogens is 175 g/mol. The van der Waals surface area contributed by atoms with E-state index < -0.39 is 0 Å². The van der Waals surface area contributed by atoms with Gasteiger partial charge in [-0.05, 0) is 0 Å². The molecule has 1 N–H and O–H groups in total. The van der Waals surface area contributed by atoms with Crippen molar-refractivity contribution in [2.45, 2.75) is 0 Å². The van der Waals surface area contributed by atoms with Gasteiger partial charge < -0.3 is 9.84 Å². The van der Waals surface area contributed by atoms with E-state index in [4.69, 9.17) is 33.0 Å². The van der Waals surface area contributed by atoms with Crippen LogP contribution in [0.25, 0.3) is 0 Å². The van der Waals surface area contributed by atoms with Crippen LogP contribution in [0.5, 0.6) is 17.2 Å². The molecule has 0 unspecified atom stereocenters. The first-order valence-electron chi connectivity index (χ1n) is 2.59. The van der Waals surface area contributed by atoms with Crippen LogP contribution in [0.15, 0.2) is 6.07 Å². The van der Waals surface area contributed by atoms with Crippen molar-refractivity contribution in [3.05, 3.63) is 16.1 Å². The molecule has 0 bridgehead atoms. The smallest absolute Gasteiger partial charge is 0.190 e. The van der Waals surface area contributed by atoms with Crippen molar-refractivity contribution < 1.29 is 9.84 Å². The van der Waals surface area contributed by atoms with Gasteiger partial charge in [0.2, 0.25) is 0 Å². The summed E-state index contributed by atoms with van der Waals surface area (Å²) in [6, 6.07) is 1.43. The molecule has 0 amide bonds. The number of phenolic OH excluding ortho intramolecular Hbond substituents is 1. The number of hydrogen-bond donors (Lipinski definition) is 1. The molecule has 1 aromatic rings. The van der Waals surface area contributed by atoms with Crippen molar-refractivity contribution in [2.24, 2.45) is 0 Å². The predicted molar refractivity (Wildman–Crippen MR) is 38.2 cm³/mol. The van der Waals surface area contributed by atoms with Gasteiger partial charge in [0.05, 0.1) is 0 Å². The fourth-order valence-corrected chi connectivity index (χ4v) is 1.10. The van der Waals surface area contributed by atoms with Crippen molar-refractivity contribution in [3.8, 4) is 17.2 Å². The van der Waals surface area contributed by atoms with Crippen LogP contribution in [0.1, 0.15) is 0 Å². The lowest BCUT2D eigenvalue weighted by atomic mass is 10.3. The topological polar surface area (TPSA) is 32.8 Å². The average Bonchev–Trinajstić information content (AvgIpc) is 2.62. The standard InChI is InChI=1S/C6H2Cl2O2/c7-4-2(9)1-3-6(10-3)5(4)8/h1,9H. The average molecular weight is 177 g/mol.